The molecule has 3 aromatic rings. The first-order valence-corrected chi connectivity index (χ1v) is 12.6. The number of nitrogens with zero attached hydrogens (tertiary/aromatic N) is 5. The lowest BCUT2D eigenvalue weighted by molar-refractivity contribution is 0.0462. The molecule has 0 radical (unpaired) electrons. The molecule has 1 N–H and O–H groups in total. The first-order chi connectivity index (χ1) is 16.3. The van der Waals surface area contributed by atoms with Gasteiger partial charge in [-0.3, -0.25) is 9.69 Å². The molecular formula is C26H38N6O2. The van der Waals surface area contributed by atoms with Crippen LogP contribution in [0.2, 0.25) is 0 Å². The van der Waals surface area contributed by atoms with Crippen LogP contribution in [0.15, 0.2) is 29.1 Å². The van der Waals surface area contributed by atoms with E-state index in [4.69, 9.17) is 4.74 Å². The van der Waals surface area contributed by atoms with Crippen LogP contribution in [0.3, 0.4) is 0 Å². The summed E-state index contributed by atoms with van der Waals surface area (Å²) in [5, 5.41) is 14.0. The van der Waals surface area contributed by atoms with Gasteiger partial charge in [-0.15, -0.1) is 5.10 Å². The van der Waals surface area contributed by atoms with Gasteiger partial charge in [0.2, 0.25) is 0 Å². The zero-order chi connectivity index (χ0) is 24.3. The Bertz CT molecular complexity index is 1160. The summed E-state index contributed by atoms with van der Waals surface area (Å²) in [5.74, 6) is 0.861. The molecule has 1 aliphatic heterocycles. The minimum atomic E-state index is -0.196. The maximum Gasteiger partial charge on any atom is 0.252 e. The zero-order valence-electron chi connectivity index (χ0n) is 21.2. The second-order valence-corrected chi connectivity index (χ2v) is 10.2. The van der Waals surface area contributed by atoms with Crippen LogP contribution in [0.1, 0.15) is 82.8 Å². The summed E-state index contributed by atoms with van der Waals surface area (Å²) in [6.45, 7) is 12.8. The molecule has 8 nitrogen and oxygen atoms in total. The van der Waals surface area contributed by atoms with E-state index in [1.807, 2.05) is 22.9 Å². The van der Waals surface area contributed by atoms with Crippen molar-refractivity contribution in [2.75, 3.05) is 13.2 Å². The average molecular weight is 467 g/mol. The summed E-state index contributed by atoms with van der Waals surface area (Å²) in [6, 6.07) is 8.14. The molecule has 34 heavy (non-hydrogen) atoms. The molecule has 0 aliphatic carbocycles. The lowest BCUT2D eigenvalue weighted by Gasteiger charge is -2.34. The number of hydrogen-bond donors (Lipinski definition) is 1. The topological polar surface area (TPSA) is 88.9 Å². The van der Waals surface area contributed by atoms with E-state index in [-0.39, 0.29) is 23.2 Å². The third-order valence-corrected chi connectivity index (χ3v) is 7.15. The normalized spacial score (nSPS) is 17.6. The maximum atomic E-state index is 13.1. The number of hydrogen-bond acceptors (Lipinski definition) is 6. The van der Waals surface area contributed by atoms with Crippen molar-refractivity contribution in [1.82, 2.24) is 30.1 Å². The Kier molecular flexibility index (Phi) is 7.48. The molecule has 0 saturated carbocycles. The van der Waals surface area contributed by atoms with E-state index < -0.39 is 0 Å². The van der Waals surface area contributed by atoms with Gasteiger partial charge in [0.25, 0.3) is 5.56 Å². The fourth-order valence-corrected chi connectivity index (χ4v) is 4.79. The largest absolute Gasteiger partial charge is 0.377 e. The van der Waals surface area contributed by atoms with E-state index in [0.29, 0.717) is 6.54 Å². The van der Waals surface area contributed by atoms with Crippen molar-refractivity contribution in [2.45, 2.75) is 91.0 Å². The molecule has 3 heterocycles. The number of H-pyrrole nitrogens is 1. The molecule has 4 rings (SSSR count). The first kappa shape index (κ1) is 24.5. The summed E-state index contributed by atoms with van der Waals surface area (Å²) >= 11 is 0. The van der Waals surface area contributed by atoms with Gasteiger partial charge in [-0.05, 0) is 80.5 Å². The molecule has 1 saturated heterocycles. The van der Waals surface area contributed by atoms with Gasteiger partial charge in [-0.2, -0.15) is 0 Å². The second-order valence-electron chi connectivity index (χ2n) is 10.2. The molecular weight excluding hydrogens is 428 g/mol. The average Bonchev–Trinajstić information content (AvgIpc) is 3.50. The molecule has 1 fully saturated rings. The fraction of sp³-hybridized carbons (Fsp3) is 0.615. The van der Waals surface area contributed by atoms with Gasteiger partial charge in [0.05, 0.1) is 17.7 Å². The van der Waals surface area contributed by atoms with Crippen LogP contribution in [0.25, 0.3) is 10.9 Å². The van der Waals surface area contributed by atoms with Crippen LogP contribution in [-0.4, -0.2) is 49.3 Å². The minimum Gasteiger partial charge on any atom is -0.377 e. The Morgan fingerprint density at radius 3 is 2.82 bits per heavy atom. The van der Waals surface area contributed by atoms with E-state index in [0.717, 1.165) is 67.5 Å². The van der Waals surface area contributed by atoms with Crippen molar-refractivity contribution >= 4 is 10.9 Å². The van der Waals surface area contributed by atoms with E-state index in [2.05, 4.69) is 66.1 Å². The number of rotatable bonds is 10. The summed E-state index contributed by atoms with van der Waals surface area (Å²) in [4.78, 5) is 18.5. The Hall–Kier alpha value is -2.58. The second kappa shape index (κ2) is 10.4. The first-order valence-electron chi connectivity index (χ1n) is 12.6. The molecule has 2 aromatic heterocycles. The SMILES string of the molecule is CCCC(c1nnnn1C(C)(C)CC)N(Cc1cc2cc(C)ccc2[nH]c1=O)CC1CCCO1. The standard InChI is InChI=1S/C26H38N6O2/c1-6-9-23(24-28-29-30-32(24)26(4,5)7-2)31(17-21-10-8-13-34-21)16-20-15-19-14-18(3)11-12-22(19)27-25(20)33/h11-12,14-15,21,23H,6-10,13,16-17H2,1-5H3,(H,27,33). The van der Waals surface area contributed by atoms with E-state index in [1.165, 1.54) is 5.56 Å². The van der Waals surface area contributed by atoms with Crippen LogP contribution in [-0.2, 0) is 16.8 Å². The van der Waals surface area contributed by atoms with Crippen LogP contribution in [0.5, 0.6) is 0 Å². The number of nitrogens with one attached hydrogen (secondary N) is 1. The van der Waals surface area contributed by atoms with Crippen molar-refractivity contribution in [3.8, 4) is 0 Å². The van der Waals surface area contributed by atoms with E-state index >= 15 is 0 Å². The summed E-state index contributed by atoms with van der Waals surface area (Å²) in [5.41, 5.74) is 2.55. The highest BCUT2D eigenvalue weighted by Crippen LogP contribution is 2.31. The van der Waals surface area contributed by atoms with E-state index in [1.54, 1.807) is 0 Å². The smallest absolute Gasteiger partial charge is 0.252 e. The highest BCUT2D eigenvalue weighted by atomic mass is 16.5. The van der Waals surface area contributed by atoms with Crippen molar-refractivity contribution in [3.63, 3.8) is 0 Å². The number of aromatic amines is 1. The summed E-state index contributed by atoms with van der Waals surface area (Å²) < 4.78 is 7.99. The van der Waals surface area contributed by atoms with Crippen LogP contribution in [0, 0.1) is 6.92 Å². The molecule has 8 heteroatoms. The van der Waals surface area contributed by atoms with Crippen LogP contribution >= 0.6 is 0 Å². The number of aromatic nitrogens is 5. The molecule has 1 aliphatic rings. The number of tetrazole rings is 1. The Balaban J connectivity index is 1.74. The molecule has 0 spiro atoms. The van der Waals surface area contributed by atoms with Gasteiger partial charge >= 0.3 is 0 Å². The molecule has 0 amide bonds. The third kappa shape index (κ3) is 5.23. The number of ether oxygens (including phenoxy) is 1. The van der Waals surface area contributed by atoms with Gasteiger partial charge in [0, 0.05) is 30.8 Å². The van der Waals surface area contributed by atoms with Crippen molar-refractivity contribution in [1.29, 1.82) is 0 Å². The molecule has 184 valence electrons. The highest BCUT2D eigenvalue weighted by molar-refractivity contribution is 5.79. The Morgan fingerprint density at radius 2 is 2.12 bits per heavy atom. The van der Waals surface area contributed by atoms with Gasteiger partial charge < -0.3 is 9.72 Å². The zero-order valence-corrected chi connectivity index (χ0v) is 21.2. The maximum absolute atomic E-state index is 13.1. The van der Waals surface area contributed by atoms with Gasteiger partial charge in [-0.1, -0.05) is 31.9 Å². The highest BCUT2D eigenvalue weighted by Gasteiger charge is 2.33. The summed E-state index contributed by atoms with van der Waals surface area (Å²) in [6.07, 6.45) is 5.07. The number of benzene rings is 1. The Morgan fingerprint density at radius 1 is 1.29 bits per heavy atom. The Labute approximate surface area is 201 Å². The summed E-state index contributed by atoms with van der Waals surface area (Å²) in [7, 11) is 0. The van der Waals surface area contributed by atoms with Gasteiger partial charge in [0.15, 0.2) is 5.82 Å². The molecule has 2 unspecified atom stereocenters. The van der Waals surface area contributed by atoms with Gasteiger partial charge in [-0.25, -0.2) is 4.68 Å². The fourth-order valence-electron chi connectivity index (χ4n) is 4.79. The predicted octanol–water partition coefficient (Wildman–Crippen LogP) is 4.49. The molecule has 2 atom stereocenters. The van der Waals surface area contributed by atoms with Gasteiger partial charge in [0.1, 0.15) is 0 Å². The van der Waals surface area contributed by atoms with E-state index in [9.17, 15) is 4.79 Å². The quantitative estimate of drug-likeness (QED) is 0.474. The van der Waals surface area contributed by atoms with Crippen molar-refractivity contribution < 1.29 is 4.74 Å². The lowest BCUT2D eigenvalue weighted by atomic mass is 10.00. The third-order valence-electron chi connectivity index (χ3n) is 7.15. The predicted molar refractivity (Wildman–Crippen MR) is 134 cm³/mol. The number of aryl methyl sites for hydroxylation is 1. The minimum absolute atomic E-state index is 0.0115. The van der Waals surface area contributed by atoms with Crippen molar-refractivity contribution in [2.24, 2.45) is 0 Å². The molecule has 0 bridgehead atoms. The monoisotopic (exact) mass is 466 g/mol. The number of pyridine rings is 1. The molecule has 1 aromatic carbocycles. The van der Waals surface area contributed by atoms with Crippen LogP contribution in [0.4, 0.5) is 0 Å². The van der Waals surface area contributed by atoms with Crippen molar-refractivity contribution in [3.05, 3.63) is 51.6 Å². The lowest BCUT2D eigenvalue weighted by Crippen LogP contribution is -2.39. The number of fused-ring (bicyclic) bond motifs is 1. The van der Waals surface area contributed by atoms with Crippen LogP contribution < -0.4 is 5.56 Å².